The van der Waals surface area contributed by atoms with E-state index in [1.165, 1.54) is 28.1 Å². The highest BCUT2D eigenvalue weighted by molar-refractivity contribution is 5.96. The van der Waals surface area contributed by atoms with E-state index < -0.39 is 36.1 Å². The van der Waals surface area contributed by atoms with Gasteiger partial charge in [-0.1, -0.05) is 0 Å². The molecule has 0 bridgehead atoms. The molecule has 0 saturated heterocycles. The minimum atomic E-state index is -1.30. The molecule has 2 atom stereocenters. The van der Waals surface area contributed by atoms with E-state index in [0.717, 1.165) is 0 Å². The summed E-state index contributed by atoms with van der Waals surface area (Å²) in [7, 11) is 2.62. The van der Waals surface area contributed by atoms with E-state index in [4.69, 9.17) is 30.6 Å². The lowest BCUT2D eigenvalue weighted by Crippen LogP contribution is -2.18. The van der Waals surface area contributed by atoms with Gasteiger partial charge >= 0.3 is 23.9 Å². The number of ether oxygens (including phenoxy) is 3. The average Bonchev–Trinajstić information content (AvgIpc) is 2.69. The van der Waals surface area contributed by atoms with Gasteiger partial charge in [-0.25, -0.2) is 19.2 Å². The molecule has 0 saturated carbocycles. The van der Waals surface area contributed by atoms with Crippen LogP contribution in [0.4, 0.5) is 0 Å². The first-order chi connectivity index (χ1) is 14.4. The molecule has 2 unspecified atom stereocenters. The quantitative estimate of drug-likeness (QED) is 0.158. The van der Waals surface area contributed by atoms with E-state index in [1.54, 1.807) is 0 Å². The van der Waals surface area contributed by atoms with Crippen molar-refractivity contribution < 1.29 is 64.0 Å². The van der Waals surface area contributed by atoms with Gasteiger partial charge in [0.1, 0.15) is 0 Å². The van der Waals surface area contributed by atoms with Gasteiger partial charge in [-0.15, -0.1) is 0 Å². The number of aliphatic hydroxyl groups excluding tert-OH is 2. The van der Waals surface area contributed by atoms with E-state index in [9.17, 15) is 19.2 Å². The lowest BCUT2D eigenvalue weighted by molar-refractivity contribution is -0.136. The Balaban J connectivity index is -0.000000394. The van der Waals surface area contributed by atoms with Gasteiger partial charge in [-0.2, -0.15) is 0 Å². The summed E-state index contributed by atoms with van der Waals surface area (Å²) in [6.45, 7) is 3.62. The van der Waals surface area contributed by atoms with E-state index in [2.05, 4.69) is 14.2 Å². The number of rotatable bonds is 12. The topological polar surface area (TPSA) is 217 Å². The Morgan fingerprint density at radius 1 is 0.710 bits per heavy atom. The number of aliphatic carboxylic acids is 4. The number of hydrogen-bond acceptors (Lipinski definition) is 9. The van der Waals surface area contributed by atoms with Gasteiger partial charge in [0.15, 0.2) is 0 Å². The number of aliphatic hydroxyl groups is 2. The molecular weight excluding hydrogens is 424 g/mol. The summed E-state index contributed by atoms with van der Waals surface area (Å²) in [5, 5.41) is 49.8. The molecule has 0 aliphatic heterocycles. The normalized spacial score (nSPS) is 13.0. The Kier molecular flexibility index (Phi) is 21.6. The van der Waals surface area contributed by atoms with Crippen LogP contribution in [0.3, 0.4) is 0 Å². The van der Waals surface area contributed by atoms with Crippen molar-refractivity contribution >= 4 is 23.9 Å². The molecule has 0 spiro atoms. The van der Waals surface area contributed by atoms with Crippen LogP contribution in [0.25, 0.3) is 0 Å². The molecular formula is C18H30O13. The zero-order chi connectivity index (χ0) is 25.0. The molecule has 13 heteroatoms. The third-order valence-corrected chi connectivity index (χ3v) is 3.11. The van der Waals surface area contributed by atoms with Crippen LogP contribution in [0.15, 0.2) is 23.3 Å². The minimum absolute atomic E-state index is 0.0278. The fourth-order valence-electron chi connectivity index (χ4n) is 1.46. The van der Waals surface area contributed by atoms with Crippen LogP contribution < -0.4 is 0 Å². The second-order valence-electron chi connectivity index (χ2n) is 5.30. The van der Waals surface area contributed by atoms with Crippen molar-refractivity contribution in [3.05, 3.63) is 23.3 Å². The maximum absolute atomic E-state index is 10.4. The van der Waals surface area contributed by atoms with Crippen molar-refractivity contribution in [2.45, 2.75) is 26.1 Å². The number of carboxylic acids is 4. The molecule has 0 fully saturated rings. The van der Waals surface area contributed by atoms with Gasteiger partial charge in [0.2, 0.25) is 0 Å². The summed E-state index contributed by atoms with van der Waals surface area (Å²) in [5.74, 6) is -5.16. The maximum atomic E-state index is 10.4. The fourth-order valence-corrected chi connectivity index (χ4v) is 1.46. The summed E-state index contributed by atoms with van der Waals surface area (Å²) < 4.78 is 14.0. The van der Waals surface area contributed by atoms with E-state index in [-0.39, 0.29) is 24.4 Å². The van der Waals surface area contributed by atoms with Gasteiger partial charge in [0.05, 0.1) is 49.8 Å². The van der Waals surface area contributed by atoms with Crippen molar-refractivity contribution in [3.63, 3.8) is 0 Å². The summed E-state index contributed by atoms with van der Waals surface area (Å²) in [6.07, 6.45) is -0.204. The van der Waals surface area contributed by atoms with Crippen molar-refractivity contribution in [1.82, 2.24) is 0 Å². The largest absolute Gasteiger partial charge is 0.478 e. The summed E-state index contributed by atoms with van der Waals surface area (Å²) in [6, 6.07) is 0. The molecule has 13 nitrogen and oxygen atoms in total. The SMILES string of the molecule is COC(C)C(=CC(=O)O)C(=O)O.COC(C)C(=CC(=O)O)C(=O)O.OCCOCCO. The van der Waals surface area contributed by atoms with Gasteiger partial charge in [0.25, 0.3) is 0 Å². The Labute approximate surface area is 178 Å². The minimum Gasteiger partial charge on any atom is -0.478 e. The molecule has 0 aliphatic rings. The van der Waals surface area contributed by atoms with Gasteiger partial charge in [0, 0.05) is 26.4 Å². The lowest BCUT2D eigenvalue weighted by Gasteiger charge is -2.08. The van der Waals surface area contributed by atoms with E-state index >= 15 is 0 Å². The predicted molar refractivity (Wildman–Crippen MR) is 105 cm³/mol. The molecule has 0 aromatic rings. The summed E-state index contributed by atoms with van der Waals surface area (Å²) in [4.78, 5) is 41.1. The van der Waals surface area contributed by atoms with Crippen LogP contribution >= 0.6 is 0 Å². The molecule has 0 aromatic heterocycles. The molecule has 0 rings (SSSR count). The molecule has 0 amide bonds. The average molecular weight is 454 g/mol. The highest BCUT2D eigenvalue weighted by atomic mass is 16.5. The number of hydrogen-bond donors (Lipinski definition) is 6. The lowest BCUT2D eigenvalue weighted by atomic mass is 10.1. The second kappa shape index (κ2) is 20.4. The Bertz CT molecular complexity index is 558. The standard InChI is InChI=1S/2C7H10O5.C4H10O3/c2*1-4(12-2)5(7(10)11)3-6(8)9;5-1-3-7-4-2-6/h2*3-4H,1-2H3,(H,8,9)(H,10,11);5-6H,1-4H2. The maximum Gasteiger partial charge on any atom is 0.334 e. The van der Waals surface area contributed by atoms with Crippen LogP contribution in [0.1, 0.15) is 13.8 Å². The molecule has 0 radical (unpaired) electrons. The Morgan fingerprint density at radius 2 is 1.00 bits per heavy atom. The third kappa shape index (κ3) is 20.2. The molecule has 31 heavy (non-hydrogen) atoms. The van der Waals surface area contributed by atoms with Crippen molar-refractivity contribution in [1.29, 1.82) is 0 Å². The van der Waals surface area contributed by atoms with Gasteiger partial charge in [-0.05, 0) is 13.8 Å². The molecule has 0 aliphatic carbocycles. The van der Waals surface area contributed by atoms with Crippen LogP contribution in [0.5, 0.6) is 0 Å². The molecule has 0 aromatic carbocycles. The Morgan fingerprint density at radius 3 is 1.16 bits per heavy atom. The highest BCUT2D eigenvalue weighted by Gasteiger charge is 2.17. The monoisotopic (exact) mass is 454 g/mol. The fraction of sp³-hybridized carbons (Fsp3) is 0.556. The predicted octanol–water partition coefficient (Wildman–Crippen LogP) is -0.779. The first-order valence-electron chi connectivity index (χ1n) is 8.60. The summed E-state index contributed by atoms with van der Waals surface area (Å²) in [5.41, 5.74) is -0.546. The summed E-state index contributed by atoms with van der Waals surface area (Å²) >= 11 is 0. The molecule has 180 valence electrons. The van der Waals surface area contributed by atoms with Crippen LogP contribution in [-0.2, 0) is 33.4 Å². The number of carbonyl (C=O) groups is 4. The number of carboxylic acid groups (broad SMARTS) is 4. The van der Waals surface area contributed by atoms with Crippen LogP contribution in [0.2, 0.25) is 0 Å². The molecule has 6 N–H and O–H groups in total. The first kappa shape index (κ1) is 32.8. The smallest absolute Gasteiger partial charge is 0.334 e. The first-order valence-corrected chi connectivity index (χ1v) is 8.60. The Hall–Kier alpha value is -2.84. The van der Waals surface area contributed by atoms with E-state index in [1.807, 2.05) is 0 Å². The van der Waals surface area contributed by atoms with Crippen molar-refractivity contribution in [3.8, 4) is 0 Å². The van der Waals surface area contributed by atoms with Gasteiger partial charge in [-0.3, -0.25) is 0 Å². The zero-order valence-corrected chi connectivity index (χ0v) is 17.7. The highest BCUT2D eigenvalue weighted by Crippen LogP contribution is 2.06. The third-order valence-electron chi connectivity index (χ3n) is 3.11. The van der Waals surface area contributed by atoms with Crippen LogP contribution in [0, 0.1) is 0 Å². The van der Waals surface area contributed by atoms with E-state index in [0.29, 0.717) is 25.4 Å². The molecule has 0 heterocycles. The number of methoxy groups -OCH3 is 2. The second-order valence-corrected chi connectivity index (χ2v) is 5.30. The van der Waals surface area contributed by atoms with Crippen molar-refractivity contribution in [2.24, 2.45) is 0 Å². The van der Waals surface area contributed by atoms with Crippen molar-refractivity contribution in [2.75, 3.05) is 40.6 Å². The van der Waals surface area contributed by atoms with Gasteiger partial charge < -0.3 is 44.8 Å². The van der Waals surface area contributed by atoms with Crippen LogP contribution in [-0.4, -0.2) is 107 Å². The zero-order valence-electron chi connectivity index (χ0n) is 17.7.